The van der Waals surface area contributed by atoms with Gasteiger partial charge in [-0.1, -0.05) is 48.6 Å². The lowest BCUT2D eigenvalue weighted by molar-refractivity contribution is 1.55. The van der Waals surface area contributed by atoms with Gasteiger partial charge in [0.15, 0.2) is 0 Å². The van der Waals surface area contributed by atoms with Gasteiger partial charge in [0.25, 0.3) is 0 Å². The molecule has 0 atom stereocenters. The van der Waals surface area contributed by atoms with Crippen molar-refractivity contribution in [1.29, 1.82) is 0 Å². The van der Waals surface area contributed by atoms with E-state index in [0.717, 1.165) is 0 Å². The van der Waals surface area contributed by atoms with Crippen LogP contribution in [0, 0.1) is 25.7 Å². The molecule has 0 N–H and O–H groups in total. The maximum absolute atomic E-state index is 2.59. The quantitative estimate of drug-likeness (QED) is 0.107. The SMILES string of the molecule is [CH]1C=Cc2cc3cc4c5cc6cc7c8c(cc9cc%10c%11c(cc%12cc(c%13cc%14cc%15c%16c(cc%17cc1c2c1c%17c%16c%14c(c4%13)c31)[CH]C=C%15)c5c1c6c8c9c%11c%121)C=C[CH]%10)[CH]C=C7. The molecule has 0 nitrogen and oxygen atoms in total. The van der Waals surface area contributed by atoms with E-state index in [2.05, 4.69) is 147 Å². The molecule has 15 aromatic rings. The Hall–Kier alpha value is -7.28. The fraction of sp³-hybridized carbons (Fsp3) is 0. The van der Waals surface area contributed by atoms with Crippen LogP contribution in [0.3, 0.4) is 0 Å². The Kier molecular flexibility index (Phi) is 4.02. The second-order valence-electron chi connectivity index (χ2n) is 18.6. The van der Waals surface area contributed by atoms with Crippen LogP contribution in [0.5, 0.6) is 0 Å². The van der Waals surface area contributed by atoms with Crippen LogP contribution < -0.4 is 0 Å². The van der Waals surface area contributed by atoms with Crippen molar-refractivity contribution in [3.63, 3.8) is 0 Å². The van der Waals surface area contributed by atoms with E-state index in [4.69, 9.17) is 0 Å². The minimum atomic E-state index is 1.33. The van der Waals surface area contributed by atoms with Gasteiger partial charge < -0.3 is 0 Å². The van der Waals surface area contributed by atoms with Crippen LogP contribution in [-0.2, 0) is 0 Å². The summed E-state index contributed by atoms with van der Waals surface area (Å²) in [4.78, 5) is 0. The molecule has 0 amide bonds. The third-order valence-corrected chi connectivity index (χ3v) is 16.1. The normalized spacial score (nSPS) is 16.1. The lowest BCUT2D eigenvalue weighted by atomic mass is 9.73. The van der Waals surface area contributed by atoms with E-state index in [1.165, 1.54) is 195 Å². The van der Waals surface area contributed by atoms with E-state index in [0.29, 0.717) is 0 Å². The molecule has 0 saturated heterocycles. The van der Waals surface area contributed by atoms with E-state index in [1.807, 2.05) is 0 Å². The van der Waals surface area contributed by atoms with Crippen LogP contribution in [0.25, 0.3) is 175 Å². The average molecular weight is 745 g/mol. The molecule has 4 aliphatic rings. The van der Waals surface area contributed by atoms with E-state index in [9.17, 15) is 0 Å². The summed E-state index contributed by atoms with van der Waals surface area (Å²) < 4.78 is 0. The van der Waals surface area contributed by atoms with Gasteiger partial charge in [-0.15, -0.1) is 0 Å². The summed E-state index contributed by atoms with van der Waals surface area (Å²) in [6, 6.07) is 30.3. The Labute approximate surface area is 340 Å². The topological polar surface area (TPSA) is 0 Å². The maximum Gasteiger partial charge on any atom is 0.0132 e. The fourth-order valence-corrected chi connectivity index (χ4v) is 14.2. The summed E-state index contributed by atoms with van der Waals surface area (Å²) in [5, 5.41) is 39.4. The Morgan fingerprint density at radius 3 is 0.650 bits per heavy atom. The molecule has 0 unspecified atom stereocenters. The predicted molar refractivity (Wildman–Crippen MR) is 260 cm³/mol. The first-order valence-electron chi connectivity index (χ1n) is 21.4. The Balaban J connectivity index is 1.18. The van der Waals surface area contributed by atoms with Crippen LogP contribution in [0.15, 0.2) is 97.1 Å². The van der Waals surface area contributed by atoms with Crippen LogP contribution in [-0.4, -0.2) is 0 Å². The highest BCUT2D eigenvalue weighted by atomic mass is 14.3. The van der Waals surface area contributed by atoms with Crippen LogP contribution in [0.2, 0.25) is 0 Å². The number of hydrogen-bond donors (Lipinski definition) is 0. The van der Waals surface area contributed by atoms with Crippen molar-refractivity contribution >= 4 is 175 Å². The molecule has 4 aliphatic carbocycles. The Bertz CT molecular complexity index is 4180. The first-order chi connectivity index (χ1) is 29.7. The minimum absolute atomic E-state index is 1.33. The van der Waals surface area contributed by atoms with Crippen molar-refractivity contribution in [2.24, 2.45) is 0 Å². The highest BCUT2D eigenvalue weighted by Crippen LogP contribution is 2.59. The van der Waals surface area contributed by atoms with Crippen LogP contribution in [0.1, 0.15) is 44.5 Å². The molecule has 0 heteroatoms. The zero-order chi connectivity index (χ0) is 37.8. The van der Waals surface area contributed by atoms with Crippen molar-refractivity contribution in [2.75, 3.05) is 0 Å². The van der Waals surface area contributed by atoms with Crippen LogP contribution >= 0.6 is 0 Å². The van der Waals surface area contributed by atoms with Gasteiger partial charge >= 0.3 is 0 Å². The predicted octanol–water partition coefficient (Wildman–Crippen LogP) is 16.2. The van der Waals surface area contributed by atoms with E-state index in [-0.39, 0.29) is 0 Å². The third-order valence-electron chi connectivity index (χ3n) is 16.1. The van der Waals surface area contributed by atoms with Crippen LogP contribution in [0.4, 0.5) is 0 Å². The van der Waals surface area contributed by atoms with E-state index in [1.54, 1.807) is 0 Å². The highest BCUT2D eigenvalue weighted by molar-refractivity contribution is 6.55. The second kappa shape index (κ2) is 8.55. The molecule has 0 heterocycles. The summed E-state index contributed by atoms with van der Waals surface area (Å²) >= 11 is 0. The van der Waals surface area contributed by atoms with E-state index >= 15 is 0 Å². The Morgan fingerprint density at radius 2 is 0.383 bits per heavy atom. The van der Waals surface area contributed by atoms with Gasteiger partial charge in [-0.05, 0) is 268 Å². The van der Waals surface area contributed by atoms with Crippen molar-refractivity contribution in [3.05, 3.63) is 167 Å². The van der Waals surface area contributed by atoms with Gasteiger partial charge in [-0.3, -0.25) is 0 Å². The second-order valence-corrected chi connectivity index (χ2v) is 18.6. The lowest BCUT2D eigenvalue weighted by Gasteiger charge is -2.29. The molecule has 15 aromatic carbocycles. The molecule has 0 aliphatic heterocycles. The Morgan fingerprint density at radius 1 is 0.167 bits per heavy atom. The van der Waals surface area contributed by atoms with Gasteiger partial charge in [-0.25, -0.2) is 0 Å². The molecular weight excluding hydrogens is 721 g/mol. The van der Waals surface area contributed by atoms with Crippen molar-refractivity contribution < 1.29 is 0 Å². The molecule has 264 valence electrons. The highest BCUT2D eigenvalue weighted by Gasteiger charge is 2.32. The zero-order valence-corrected chi connectivity index (χ0v) is 31.9. The number of hydrogen-bond acceptors (Lipinski definition) is 0. The molecule has 0 bridgehead atoms. The van der Waals surface area contributed by atoms with Gasteiger partial charge in [0.2, 0.25) is 0 Å². The average Bonchev–Trinajstić information content (AvgIpc) is 3.27. The standard InChI is InChI=1S/C60H24/c1-5-25-13-33-14-26-6-2-10-30-18-36-23-41-42-24-38-20-32-12-4-8-28-16-34-15-27-7-3-11-31-19-37-22-40(54(42)60-51(37)57(45(27)31)48(34)58(46(28)32)52(38)60)39-21-35-17-29(9-1)43(25)55-47(33)56(44(26)30)50(36)59(49(35)55)53(39)41/h1-24H. The molecule has 60 heavy (non-hydrogen) atoms. The lowest BCUT2D eigenvalue weighted by Crippen LogP contribution is -2.03. The molecule has 0 aromatic heterocycles. The number of allylic oxidation sites excluding steroid dienone is 4. The van der Waals surface area contributed by atoms with Crippen molar-refractivity contribution in [2.45, 2.75) is 0 Å². The molecule has 4 radical (unpaired) electrons. The number of benzene rings is 15. The number of fused-ring (bicyclic) bond motifs is 2. The molecule has 19 rings (SSSR count). The third kappa shape index (κ3) is 2.67. The van der Waals surface area contributed by atoms with Gasteiger partial charge in [0, 0.05) is 25.7 Å². The van der Waals surface area contributed by atoms with E-state index < -0.39 is 0 Å². The zero-order valence-electron chi connectivity index (χ0n) is 31.9. The largest absolute Gasteiger partial charge is 0.0754 e. The molecule has 0 spiro atoms. The first-order valence-corrected chi connectivity index (χ1v) is 21.4. The summed E-state index contributed by atoms with van der Waals surface area (Å²) in [6.45, 7) is 0. The summed E-state index contributed by atoms with van der Waals surface area (Å²) in [6.07, 6.45) is 27.7. The smallest absolute Gasteiger partial charge is 0.0132 e. The van der Waals surface area contributed by atoms with Crippen molar-refractivity contribution in [1.82, 2.24) is 0 Å². The number of rotatable bonds is 0. The minimum Gasteiger partial charge on any atom is -0.0754 e. The summed E-state index contributed by atoms with van der Waals surface area (Å²) in [5.74, 6) is 0. The van der Waals surface area contributed by atoms with Crippen molar-refractivity contribution in [3.8, 4) is 0 Å². The fourth-order valence-electron chi connectivity index (χ4n) is 14.2. The molecular formula is C60H24. The maximum atomic E-state index is 2.59. The van der Waals surface area contributed by atoms with Gasteiger partial charge in [0.05, 0.1) is 0 Å². The van der Waals surface area contributed by atoms with Gasteiger partial charge in [0.1, 0.15) is 0 Å². The first kappa shape index (κ1) is 28.2. The molecule has 0 saturated carbocycles. The summed E-state index contributed by atoms with van der Waals surface area (Å²) in [7, 11) is 0. The van der Waals surface area contributed by atoms with Gasteiger partial charge in [-0.2, -0.15) is 0 Å². The monoisotopic (exact) mass is 744 g/mol. The molecule has 0 fully saturated rings. The summed E-state index contributed by atoms with van der Waals surface area (Å²) in [5.41, 5.74) is 10.7.